The molecule has 5 nitrogen and oxygen atoms in total. The maximum atomic E-state index is 13.3. The van der Waals surface area contributed by atoms with Gasteiger partial charge in [-0.25, -0.2) is 9.18 Å². The van der Waals surface area contributed by atoms with Crippen LogP contribution in [0.3, 0.4) is 0 Å². The Morgan fingerprint density at radius 2 is 2.16 bits per heavy atom. The minimum absolute atomic E-state index is 0.124. The summed E-state index contributed by atoms with van der Waals surface area (Å²) in [6.45, 7) is 0. The Hall–Kier alpha value is -2.63. The number of rotatable bonds is 1. The Morgan fingerprint density at radius 1 is 1.37 bits per heavy atom. The summed E-state index contributed by atoms with van der Waals surface area (Å²) in [5, 5.41) is 11.1. The second-order valence-electron chi connectivity index (χ2n) is 4.05. The van der Waals surface area contributed by atoms with E-state index < -0.39 is 11.8 Å². The van der Waals surface area contributed by atoms with Crippen molar-refractivity contribution < 1.29 is 19.1 Å². The molecule has 2 heterocycles. The maximum absolute atomic E-state index is 13.3. The van der Waals surface area contributed by atoms with Gasteiger partial charge in [0.2, 0.25) is 0 Å². The molecule has 3 aromatic rings. The van der Waals surface area contributed by atoms with Crippen molar-refractivity contribution in [2.24, 2.45) is 0 Å². The van der Waals surface area contributed by atoms with Gasteiger partial charge in [0.15, 0.2) is 0 Å². The Bertz CT molecular complexity index is 810. The lowest BCUT2D eigenvalue weighted by molar-refractivity contribution is 0.0600. The standard InChI is InChI=1S/C13H9FN2O3/c1-19-13(17)10-6-15-5-9-8-4-7(14)2-3-11(8)16(18)12(9)10/h2-6,18H,1H3. The molecule has 0 saturated carbocycles. The van der Waals surface area contributed by atoms with Crippen LogP contribution in [-0.2, 0) is 4.74 Å². The Balaban J connectivity index is 2.51. The molecule has 0 amide bonds. The molecule has 1 N–H and O–H groups in total. The van der Waals surface area contributed by atoms with Gasteiger partial charge in [-0.15, -0.1) is 0 Å². The van der Waals surface area contributed by atoms with E-state index in [4.69, 9.17) is 0 Å². The average Bonchev–Trinajstić information content (AvgIpc) is 2.71. The zero-order valence-corrected chi connectivity index (χ0v) is 9.92. The first-order chi connectivity index (χ1) is 9.13. The number of pyridine rings is 1. The van der Waals surface area contributed by atoms with E-state index in [-0.39, 0.29) is 11.1 Å². The first-order valence-electron chi connectivity index (χ1n) is 5.48. The molecule has 0 aliphatic heterocycles. The van der Waals surface area contributed by atoms with Crippen molar-refractivity contribution in [3.63, 3.8) is 0 Å². The molecule has 2 aromatic heterocycles. The molecule has 0 unspecified atom stereocenters. The predicted octanol–water partition coefficient (Wildman–Crippen LogP) is 2.35. The van der Waals surface area contributed by atoms with Gasteiger partial charge >= 0.3 is 5.97 Å². The van der Waals surface area contributed by atoms with Crippen molar-refractivity contribution in [3.8, 4) is 0 Å². The number of esters is 1. The largest absolute Gasteiger partial charge is 0.465 e. The summed E-state index contributed by atoms with van der Waals surface area (Å²) in [7, 11) is 1.24. The molecule has 0 spiro atoms. The quantitative estimate of drug-likeness (QED) is 0.539. The first-order valence-corrected chi connectivity index (χ1v) is 5.48. The van der Waals surface area contributed by atoms with Crippen LogP contribution in [0.1, 0.15) is 10.4 Å². The molecule has 0 bridgehead atoms. The molecule has 19 heavy (non-hydrogen) atoms. The number of benzene rings is 1. The molecular formula is C13H9FN2O3. The van der Waals surface area contributed by atoms with Crippen LogP contribution < -0.4 is 0 Å². The van der Waals surface area contributed by atoms with E-state index in [9.17, 15) is 14.4 Å². The van der Waals surface area contributed by atoms with Gasteiger partial charge in [0.25, 0.3) is 0 Å². The lowest BCUT2D eigenvalue weighted by Crippen LogP contribution is -2.05. The molecular weight excluding hydrogens is 251 g/mol. The van der Waals surface area contributed by atoms with Crippen LogP contribution in [-0.4, -0.2) is 28.0 Å². The third-order valence-corrected chi connectivity index (χ3v) is 3.01. The lowest BCUT2D eigenvalue weighted by Gasteiger charge is -2.02. The molecule has 0 saturated heterocycles. The zero-order valence-electron chi connectivity index (χ0n) is 9.92. The topological polar surface area (TPSA) is 64.3 Å². The van der Waals surface area contributed by atoms with Crippen LogP contribution in [0.25, 0.3) is 21.8 Å². The van der Waals surface area contributed by atoms with E-state index in [1.54, 1.807) is 0 Å². The number of nitrogens with zero attached hydrogens (tertiary/aromatic N) is 2. The summed E-state index contributed by atoms with van der Waals surface area (Å²) in [6.07, 6.45) is 2.77. The van der Waals surface area contributed by atoms with Gasteiger partial charge in [0.05, 0.1) is 12.6 Å². The minimum atomic E-state index is -0.614. The normalized spacial score (nSPS) is 11.1. The highest BCUT2D eigenvalue weighted by atomic mass is 19.1. The number of fused-ring (bicyclic) bond motifs is 3. The van der Waals surface area contributed by atoms with Gasteiger partial charge < -0.3 is 9.94 Å². The summed E-state index contributed by atoms with van der Waals surface area (Å²) in [5.74, 6) is -1.04. The maximum Gasteiger partial charge on any atom is 0.341 e. The van der Waals surface area contributed by atoms with Crippen LogP contribution in [0.4, 0.5) is 4.39 Å². The van der Waals surface area contributed by atoms with Crippen molar-refractivity contribution in [2.45, 2.75) is 0 Å². The lowest BCUT2D eigenvalue weighted by atomic mass is 10.1. The molecule has 3 rings (SSSR count). The summed E-state index contributed by atoms with van der Waals surface area (Å²) < 4.78 is 18.8. The third-order valence-electron chi connectivity index (χ3n) is 3.01. The number of hydrogen-bond acceptors (Lipinski definition) is 4. The van der Waals surface area contributed by atoms with Crippen LogP contribution in [0.5, 0.6) is 0 Å². The molecule has 96 valence electrons. The molecule has 0 aliphatic carbocycles. The van der Waals surface area contributed by atoms with E-state index in [0.29, 0.717) is 16.3 Å². The van der Waals surface area contributed by atoms with E-state index in [1.807, 2.05) is 0 Å². The van der Waals surface area contributed by atoms with Gasteiger partial charge in [-0.3, -0.25) is 4.98 Å². The fourth-order valence-corrected chi connectivity index (χ4v) is 2.17. The van der Waals surface area contributed by atoms with Crippen molar-refractivity contribution in [1.82, 2.24) is 9.71 Å². The average molecular weight is 260 g/mol. The first kappa shape index (κ1) is 11.5. The number of methoxy groups -OCH3 is 1. The van der Waals surface area contributed by atoms with Crippen molar-refractivity contribution in [2.75, 3.05) is 7.11 Å². The summed E-state index contributed by atoms with van der Waals surface area (Å²) >= 11 is 0. The van der Waals surface area contributed by atoms with Crippen molar-refractivity contribution >= 4 is 27.8 Å². The zero-order chi connectivity index (χ0) is 13.6. The van der Waals surface area contributed by atoms with Crippen LogP contribution in [0, 0.1) is 5.82 Å². The van der Waals surface area contributed by atoms with Crippen LogP contribution in [0.2, 0.25) is 0 Å². The summed E-state index contributed by atoms with van der Waals surface area (Å²) in [4.78, 5) is 15.6. The molecule has 0 radical (unpaired) electrons. The van der Waals surface area contributed by atoms with Gasteiger partial charge in [-0.05, 0) is 18.2 Å². The third kappa shape index (κ3) is 1.53. The smallest absolute Gasteiger partial charge is 0.341 e. The molecule has 0 aliphatic rings. The molecule has 0 atom stereocenters. The van der Waals surface area contributed by atoms with E-state index in [2.05, 4.69) is 9.72 Å². The highest BCUT2D eigenvalue weighted by Crippen LogP contribution is 2.30. The monoisotopic (exact) mass is 260 g/mol. The highest BCUT2D eigenvalue weighted by molar-refractivity contribution is 6.13. The molecule has 1 aromatic carbocycles. The SMILES string of the molecule is COC(=O)c1cncc2c3cc(F)ccc3n(O)c12. The van der Waals surface area contributed by atoms with Gasteiger partial charge in [0, 0.05) is 23.2 Å². The predicted molar refractivity (Wildman–Crippen MR) is 65.7 cm³/mol. The van der Waals surface area contributed by atoms with Crippen LogP contribution in [0.15, 0.2) is 30.6 Å². The van der Waals surface area contributed by atoms with Gasteiger partial charge in [-0.1, -0.05) is 0 Å². The Morgan fingerprint density at radius 3 is 2.89 bits per heavy atom. The van der Waals surface area contributed by atoms with E-state index >= 15 is 0 Å². The fraction of sp³-hybridized carbons (Fsp3) is 0.0769. The summed E-state index contributed by atoms with van der Waals surface area (Å²) in [6, 6.07) is 3.96. The fourth-order valence-electron chi connectivity index (χ4n) is 2.17. The van der Waals surface area contributed by atoms with Crippen molar-refractivity contribution in [1.29, 1.82) is 0 Å². The molecule has 6 heteroatoms. The van der Waals surface area contributed by atoms with E-state index in [1.165, 1.54) is 37.7 Å². The number of halogens is 1. The van der Waals surface area contributed by atoms with E-state index in [0.717, 1.165) is 4.73 Å². The van der Waals surface area contributed by atoms with Gasteiger partial charge in [-0.2, -0.15) is 4.73 Å². The summed E-state index contributed by atoms with van der Waals surface area (Å²) in [5.41, 5.74) is 0.774. The molecule has 0 fully saturated rings. The number of carbonyl (C=O) groups is 1. The number of aromatic nitrogens is 2. The van der Waals surface area contributed by atoms with Crippen molar-refractivity contribution in [3.05, 3.63) is 42.0 Å². The second-order valence-corrected chi connectivity index (χ2v) is 4.05. The number of ether oxygens (including phenoxy) is 1. The van der Waals surface area contributed by atoms with Gasteiger partial charge in [0.1, 0.15) is 16.9 Å². The second kappa shape index (κ2) is 3.94. The highest BCUT2D eigenvalue weighted by Gasteiger charge is 2.19. The number of carbonyl (C=O) groups excluding carboxylic acids is 1. The number of hydrogen-bond donors (Lipinski definition) is 1. The minimum Gasteiger partial charge on any atom is -0.465 e. The Labute approximate surface area is 106 Å². The Kier molecular flexibility index (Phi) is 2.38. The van der Waals surface area contributed by atoms with Crippen LogP contribution >= 0.6 is 0 Å².